The average Bonchev–Trinajstić information content (AvgIpc) is 3.65. The molecule has 0 spiro atoms. The van der Waals surface area contributed by atoms with E-state index in [1.54, 1.807) is 14.0 Å². The van der Waals surface area contributed by atoms with Crippen LogP contribution in [0.4, 0.5) is 5.82 Å². The van der Waals surface area contributed by atoms with Crippen molar-refractivity contribution in [1.29, 1.82) is 0 Å². The number of amides is 1. The van der Waals surface area contributed by atoms with Crippen LogP contribution in [0, 0.1) is 5.92 Å². The highest BCUT2D eigenvalue weighted by Gasteiger charge is 2.33. The third-order valence-electron chi connectivity index (χ3n) is 6.74. The number of aromatic nitrogens is 1. The van der Waals surface area contributed by atoms with Crippen molar-refractivity contribution in [2.45, 2.75) is 58.2 Å². The molecule has 2 aromatic heterocycles. The van der Waals surface area contributed by atoms with E-state index < -0.39 is 17.6 Å². The van der Waals surface area contributed by atoms with Crippen LogP contribution in [0.1, 0.15) is 66.9 Å². The van der Waals surface area contributed by atoms with Gasteiger partial charge < -0.3 is 19.9 Å². The van der Waals surface area contributed by atoms with Gasteiger partial charge in [0.25, 0.3) is 17.2 Å². The molecule has 3 aromatic rings. The molecule has 1 aliphatic rings. The molecular weight excluding hydrogens is 482 g/mol. The third kappa shape index (κ3) is 5.46. The predicted octanol–water partition coefficient (Wildman–Crippen LogP) is 3.96. The molecule has 0 aliphatic heterocycles. The van der Waals surface area contributed by atoms with Crippen molar-refractivity contribution in [1.82, 2.24) is 10.3 Å². The zero-order valence-corrected chi connectivity index (χ0v) is 21.5. The number of aryl methyl sites for hydroxylation is 1. The number of furan rings is 1. The van der Waals surface area contributed by atoms with Crippen molar-refractivity contribution in [3.8, 4) is 11.3 Å². The molecular formula is C26H33N3O6S. The van der Waals surface area contributed by atoms with Crippen molar-refractivity contribution in [3.63, 3.8) is 0 Å². The maximum Gasteiger partial charge on any atom is 0.263 e. The number of carbonyl (C=O) groups excluding carboxylic acids is 1. The Morgan fingerprint density at radius 1 is 1.28 bits per heavy atom. The first-order valence-electron chi connectivity index (χ1n) is 12.3. The van der Waals surface area contributed by atoms with Gasteiger partial charge in [-0.3, -0.25) is 13.7 Å². The van der Waals surface area contributed by atoms with Crippen LogP contribution in [-0.4, -0.2) is 49.7 Å². The second-order valence-electron chi connectivity index (χ2n) is 9.33. The Bertz CT molecular complexity index is 1250. The molecule has 2 heterocycles. The Kier molecular flexibility index (Phi) is 8.09. The van der Waals surface area contributed by atoms with Gasteiger partial charge in [0.1, 0.15) is 11.6 Å². The Hall–Kier alpha value is -2.79. The summed E-state index contributed by atoms with van der Waals surface area (Å²) in [6, 6.07) is 9.68. The van der Waals surface area contributed by atoms with Gasteiger partial charge in [-0.15, -0.1) is 0 Å². The number of fused-ring (bicyclic) bond motifs is 1. The van der Waals surface area contributed by atoms with Crippen LogP contribution in [0.3, 0.4) is 0 Å². The highest BCUT2D eigenvalue weighted by Crippen LogP contribution is 2.46. The van der Waals surface area contributed by atoms with E-state index in [1.165, 1.54) is 4.31 Å². The number of aliphatic hydroxyl groups excluding tert-OH is 1. The van der Waals surface area contributed by atoms with E-state index in [1.807, 2.05) is 30.3 Å². The number of rotatable bonds is 11. The van der Waals surface area contributed by atoms with Crippen molar-refractivity contribution < 1.29 is 28.2 Å². The van der Waals surface area contributed by atoms with E-state index in [2.05, 4.69) is 17.2 Å². The molecule has 194 valence electrons. The first kappa shape index (κ1) is 26.3. The minimum Gasteiger partial charge on any atom is -0.437 e. The summed E-state index contributed by atoms with van der Waals surface area (Å²) in [5.74, 6) is 0.285. The lowest BCUT2D eigenvalue weighted by Crippen LogP contribution is -2.29. The third-order valence-corrected chi connectivity index (χ3v) is 7.47. The number of nitrogens with zero attached hydrogens (tertiary/aromatic N) is 2. The van der Waals surface area contributed by atoms with Gasteiger partial charge in [-0.1, -0.05) is 38.1 Å². The van der Waals surface area contributed by atoms with E-state index in [0.29, 0.717) is 35.4 Å². The summed E-state index contributed by atoms with van der Waals surface area (Å²) in [4.78, 5) is 17.6. The summed E-state index contributed by atoms with van der Waals surface area (Å²) in [6.45, 7) is 3.98. The number of hydrogen-bond donors (Lipinski definition) is 4. The van der Waals surface area contributed by atoms with Gasteiger partial charge in [-0.05, 0) is 55.2 Å². The molecule has 1 fully saturated rings. The van der Waals surface area contributed by atoms with Crippen LogP contribution in [0.15, 0.2) is 34.7 Å². The number of aliphatic hydroxyl groups is 2. The highest BCUT2D eigenvalue weighted by molar-refractivity contribution is 7.80. The summed E-state index contributed by atoms with van der Waals surface area (Å²) < 4.78 is 29.9. The second-order valence-corrected chi connectivity index (χ2v) is 10.2. The molecule has 0 radical (unpaired) electrons. The van der Waals surface area contributed by atoms with Gasteiger partial charge in [0.2, 0.25) is 5.71 Å². The van der Waals surface area contributed by atoms with E-state index in [0.717, 1.165) is 36.0 Å². The summed E-state index contributed by atoms with van der Waals surface area (Å²) >= 11 is -2.35. The Balaban J connectivity index is 1.80. The fraction of sp³-hybridized carbons (Fsp3) is 0.462. The number of carbonyl (C=O) groups is 1. The maximum absolute atomic E-state index is 13.0. The first-order valence-corrected chi connectivity index (χ1v) is 13.3. The zero-order chi connectivity index (χ0) is 26.0. The number of nitrogens with one attached hydrogen (secondary N) is 1. The summed E-state index contributed by atoms with van der Waals surface area (Å²) in [6.07, 6.45) is 2.24. The van der Waals surface area contributed by atoms with Crippen LogP contribution in [0.25, 0.3) is 22.4 Å². The number of benzene rings is 1. The highest BCUT2D eigenvalue weighted by atomic mass is 32.2. The average molecular weight is 516 g/mol. The van der Waals surface area contributed by atoms with Crippen LogP contribution in [-0.2, 0) is 17.7 Å². The van der Waals surface area contributed by atoms with Crippen molar-refractivity contribution in [2.75, 3.05) is 17.9 Å². The molecule has 2 atom stereocenters. The minimum atomic E-state index is -2.35. The Labute approximate surface area is 212 Å². The van der Waals surface area contributed by atoms with Crippen molar-refractivity contribution in [3.05, 3.63) is 47.0 Å². The second kappa shape index (κ2) is 11.1. The topological polar surface area (TPSA) is 136 Å². The summed E-state index contributed by atoms with van der Waals surface area (Å²) in [5, 5.41) is 22.0. The van der Waals surface area contributed by atoms with E-state index in [4.69, 9.17) is 4.42 Å². The first-order chi connectivity index (χ1) is 17.2. The van der Waals surface area contributed by atoms with Crippen LogP contribution >= 0.6 is 0 Å². The van der Waals surface area contributed by atoms with E-state index >= 15 is 0 Å². The lowest BCUT2D eigenvalue weighted by Gasteiger charge is -2.22. The molecule has 2 unspecified atom stereocenters. The van der Waals surface area contributed by atoms with Crippen LogP contribution in [0.5, 0.6) is 0 Å². The van der Waals surface area contributed by atoms with Gasteiger partial charge in [0.05, 0.1) is 10.9 Å². The smallest absolute Gasteiger partial charge is 0.263 e. The Morgan fingerprint density at radius 3 is 2.53 bits per heavy atom. The van der Waals surface area contributed by atoms with Gasteiger partial charge in [0, 0.05) is 25.1 Å². The molecule has 0 bridgehead atoms. The lowest BCUT2D eigenvalue weighted by molar-refractivity contribution is -0.0805. The van der Waals surface area contributed by atoms with Gasteiger partial charge in [0.15, 0.2) is 6.29 Å². The fourth-order valence-electron chi connectivity index (χ4n) is 4.33. The molecule has 9 nitrogen and oxygen atoms in total. The monoisotopic (exact) mass is 515 g/mol. The molecule has 1 amide bonds. The molecule has 1 saturated carbocycles. The minimum absolute atomic E-state index is 0.181. The number of hydrogen-bond acceptors (Lipinski definition) is 6. The maximum atomic E-state index is 13.0. The molecule has 1 aromatic carbocycles. The van der Waals surface area contributed by atoms with Gasteiger partial charge >= 0.3 is 0 Å². The van der Waals surface area contributed by atoms with Gasteiger partial charge in [-0.25, -0.2) is 4.21 Å². The standard InChI is InChI=1S/C26H33N3O6S/c1-4-16-7-9-18(10-8-16)22-21(24(30)27-3)20-14-19(17-11-12-17)23(28-25(20)35-22)29(36(33)34)13-5-6-15(2)26(31)32/h7-10,14-15,17,26,31-32H,4-6,11-13H2,1-3H3,(H,27,30)(H,33,34). The summed E-state index contributed by atoms with van der Waals surface area (Å²) in [7, 11) is 1.57. The number of anilines is 1. The van der Waals surface area contributed by atoms with Crippen LogP contribution in [0.2, 0.25) is 0 Å². The quantitative estimate of drug-likeness (QED) is 0.224. The van der Waals surface area contributed by atoms with E-state index in [9.17, 15) is 23.8 Å². The van der Waals surface area contributed by atoms with Gasteiger partial charge in [-0.2, -0.15) is 4.98 Å². The molecule has 1 aliphatic carbocycles. The SMILES string of the molecule is CCc1ccc(-c2oc3nc(N(CCCC(C)C(O)O)S(=O)O)c(C4CC4)cc3c2C(=O)NC)cc1. The molecule has 4 rings (SSSR count). The van der Waals surface area contributed by atoms with Crippen molar-refractivity contribution in [2.24, 2.45) is 5.92 Å². The zero-order valence-electron chi connectivity index (χ0n) is 20.7. The lowest BCUT2D eigenvalue weighted by atomic mass is 10.0. The van der Waals surface area contributed by atoms with E-state index in [-0.39, 0.29) is 30.0 Å². The molecule has 36 heavy (non-hydrogen) atoms. The normalized spacial score (nSPS) is 15.3. The molecule has 4 N–H and O–H groups in total. The van der Waals surface area contributed by atoms with Crippen LogP contribution < -0.4 is 9.62 Å². The summed E-state index contributed by atoms with van der Waals surface area (Å²) in [5.41, 5.74) is 3.32. The fourth-order valence-corrected chi connectivity index (χ4v) is 4.91. The molecule has 0 saturated heterocycles. The Morgan fingerprint density at radius 2 is 1.97 bits per heavy atom. The number of pyridine rings is 1. The predicted molar refractivity (Wildman–Crippen MR) is 139 cm³/mol. The largest absolute Gasteiger partial charge is 0.437 e. The molecule has 10 heteroatoms. The van der Waals surface area contributed by atoms with Crippen molar-refractivity contribution >= 4 is 34.1 Å².